The number of nitrogens with one attached hydrogen (secondary N) is 2. The Kier molecular flexibility index (Phi) is 6.07. The number of amides is 2. The van der Waals surface area contributed by atoms with Crippen molar-refractivity contribution in [2.24, 2.45) is 0 Å². The number of anilines is 2. The van der Waals surface area contributed by atoms with Gasteiger partial charge in [-0.3, -0.25) is 9.59 Å². The molecule has 30 heavy (non-hydrogen) atoms. The lowest BCUT2D eigenvalue weighted by Crippen LogP contribution is -2.22. The number of carbonyl (C=O) groups excluding carboxylic acids is 2. The molecule has 0 aliphatic rings. The highest BCUT2D eigenvalue weighted by Crippen LogP contribution is 2.34. The van der Waals surface area contributed by atoms with Crippen molar-refractivity contribution in [2.75, 3.05) is 10.6 Å². The zero-order valence-electron chi connectivity index (χ0n) is 15.6. The molecule has 2 aromatic heterocycles. The highest BCUT2D eigenvalue weighted by Gasteiger charge is 2.18. The van der Waals surface area contributed by atoms with E-state index >= 15 is 0 Å². The minimum atomic E-state index is -0.572. The fourth-order valence-corrected chi connectivity index (χ4v) is 5.35. The number of hydrogen-bond acceptors (Lipinski definition) is 7. The Morgan fingerprint density at radius 2 is 2.00 bits per heavy atom. The molecular weight excluding hydrogens is 443 g/mol. The van der Waals surface area contributed by atoms with Crippen molar-refractivity contribution < 1.29 is 14.0 Å². The van der Waals surface area contributed by atoms with Gasteiger partial charge in [0.05, 0.1) is 21.0 Å². The molecule has 2 amide bonds. The standard InChI is InChI=1S/C20H15FN4O2S3/c1-11(17(26)25-19-22-8-9-28-19)29-20-24-15-7-6-12(10-16(15)30-20)23-18(27)13-4-2-3-5-14(13)21/h2-11H,1H3,(H,23,27)(H,22,25,26)/t11-/m1/s1. The van der Waals surface area contributed by atoms with E-state index < -0.39 is 11.7 Å². The van der Waals surface area contributed by atoms with Crippen LogP contribution in [-0.4, -0.2) is 27.0 Å². The van der Waals surface area contributed by atoms with Crippen molar-refractivity contribution in [1.29, 1.82) is 0 Å². The first-order chi connectivity index (χ1) is 14.5. The molecule has 4 aromatic rings. The monoisotopic (exact) mass is 458 g/mol. The van der Waals surface area contributed by atoms with E-state index in [1.807, 2.05) is 0 Å². The molecule has 0 bridgehead atoms. The first-order valence-corrected chi connectivity index (χ1v) is 11.4. The Morgan fingerprint density at radius 1 is 1.17 bits per heavy atom. The Labute approximate surface area is 183 Å². The second-order valence-corrected chi connectivity index (χ2v) is 9.70. The van der Waals surface area contributed by atoms with Crippen LogP contribution < -0.4 is 10.6 Å². The third kappa shape index (κ3) is 4.66. The molecular formula is C20H15FN4O2S3. The number of benzene rings is 2. The minimum Gasteiger partial charge on any atom is -0.322 e. The summed E-state index contributed by atoms with van der Waals surface area (Å²) in [4.78, 5) is 33.2. The summed E-state index contributed by atoms with van der Waals surface area (Å²) in [5.74, 6) is -1.23. The molecule has 0 aliphatic heterocycles. The van der Waals surface area contributed by atoms with Crippen molar-refractivity contribution in [2.45, 2.75) is 16.5 Å². The maximum absolute atomic E-state index is 13.8. The molecule has 0 saturated carbocycles. The summed E-state index contributed by atoms with van der Waals surface area (Å²) < 4.78 is 15.4. The second kappa shape index (κ2) is 8.90. The van der Waals surface area contributed by atoms with Gasteiger partial charge in [-0.2, -0.15) is 0 Å². The van der Waals surface area contributed by atoms with Crippen LogP contribution in [0.3, 0.4) is 0 Å². The SMILES string of the molecule is C[C@@H](Sc1nc2ccc(NC(=O)c3ccccc3F)cc2s1)C(=O)Nc1nccs1. The van der Waals surface area contributed by atoms with E-state index in [2.05, 4.69) is 20.6 Å². The van der Waals surface area contributed by atoms with E-state index in [0.29, 0.717) is 10.8 Å². The number of nitrogens with zero attached hydrogens (tertiary/aromatic N) is 2. The first-order valence-electron chi connectivity index (χ1n) is 8.83. The van der Waals surface area contributed by atoms with Crippen molar-refractivity contribution >= 4 is 67.3 Å². The van der Waals surface area contributed by atoms with E-state index in [1.54, 1.807) is 42.8 Å². The predicted molar refractivity (Wildman–Crippen MR) is 120 cm³/mol. The number of hydrogen-bond donors (Lipinski definition) is 2. The van der Waals surface area contributed by atoms with Gasteiger partial charge >= 0.3 is 0 Å². The molecule has 0 aliphatic carbocycles. The van der Waals surface area contributed by atoms with Gasteiger partial charge in [0.1, 0.15) is 5.82 Å². The van der Waals surface area contributed by atoms with E-state index in [1.165, 1.54) is 52.6 Å². The van der Waals surface area contributed by atoms with Crippen molar-refractivity contribution in [3.8, 4) is 0 Å². The van der Waals surface area contributed by atoms with Gasteiger partial charge < -0.3 is 10.6 Å². The number of halogens is 1. The molecule has 0 radical (unpaired) electrons. The van der Waals surface area contributed by atoms with Crippen LogP contribution in [0.1, 0.15) is 17.3 Å². The minimum absolute atomic E-state index is 0.0155. The van der Waals surface area contributed by atoms with Gasteiger partial charge in [0.2, 0.25) is 5.91 Å². The molecule has 0 fully saturated rings. The normalized spacial score (nSPS) is 11.9. The molecule has 2 N–H and O–H groups in total. The maximum Gasteiger partial charge on any atom is 0.258 e. The van der Waals surface area contributed by atoms with E-state index in [-0.39, 0.29) is 16.7 Å². The van der Waals surface area contributed by atoms with E-state index in [4.69, 9.17) is 0 Å². The highest BCUT2D eigenvalue weighted by atomic mass is 32.2. The number of fused-ring (bicyclic) bond motifs is 1. The Morgan fingerprint density at radius 3 is 2.77 bits per heavy atom. The average molecular weight is 459 g/mol. The predicted octanol–water partition coefficient (Wildman–Crippen LogP) is 5.26. The third-order valence-corrected chi connectivity index (χ3v) is 6.96. The van der Waals surface area contributed by atoms with Gasteiger partial charge in [-0.15, -0.1) is 22.7 Å². The average Bonchev–Trinajstić information content (AvgIpc) is 3.37. The Bertz CT molecular complexity index is 1210. The van der Waals surface area contributed by atoms with E-state index in [9.17, 15) is 14.0 Å². The number of carbonyl (C=O) groups is 2. The lowest BCUT2D eigenvalue weighted by Gasteiger charge is -2.07. The van der Waals surface area contributed by atoms with Gasteiger partial charge in [-0.25, -0.2) is 14.4 Å². The second-order valence-electron chi connectivity index (χ2n) is 6.18. The zero-order valence-corrected chi connectivity index (χ0v) is 18.0. The quantitative estimate of drug-likeness (QED) is 0.385. The highest BCUT2D eigenvalue weighted by molar-refractivity contribution is 8.02. The maximum atomic E-state index is 13.8. The molecule has 152 valence electrons. The lowest BCUT2D eigenvalue weighted by atomic mass is 10.2. The van der Waals surface area contributed by atoms with Crippen molar-refractivity contribution in [3.63, 3.8) is 0 Å². The largest absolute Gasteiger partial charge is 0.322 e. The van der Waals surface area contributed by atoms with Crippen LogP contribution in [0.15, 0.2) is 58.4 Å². The van der Waals surface area contributed by atoms with Gasteiger partial charge in [0.15, 0.2) is 9.47 Å². The zero-order chi connectivity index (χ0) is 21.1. The topological polar surface area (TPSA) is 84.0 Å². The molecule has 0 unspecified atom stereocenters. The fourth-order valence-electron chi connectivity index (χ4n) is 2.57. The smallest absolute Gasteiger partial charge is 0.258 e. The Hall–Kier alpha value is -2.82. The summed E-state index contributed by atoms with van der Waals surface area (Å²) >= 11 is 4.14. The summed E-state index contributed by atoms with van der Waals surface area (Å²) in [5, 5.41) is 7.49. The first kappa shape index (κ1) is 20.5. The van der Waals surface area contributed by atoms with Crippen LogP contribution in [0.5, 0.6) is 0 Å². The summed E-state index contributed by atoms with van der Waals surface area (Å²) in [5.41, 5.74) is 1.29. The van der Waals surface area contributed by atoms with Crippen LogP contribution in [-0.2, 0) is 4.79 Å². The fraction of sp³-hybridized carbons (Fsp3) is 0.100. The van der Waals surface area contributed by atoms with Gasteiger partial charge in [-0.05, 0) is 37.3 Å². The summed E-state index contributed by atoms with van der Waals surface area (Å²) in [6.07, 6.45) is 1.63. The molecule has 0 saturated heterocycles. The van der Waals surface area contributed by atoms with Crippen LogP contribution in [0.2, 0.25) is 0 Å². The van der Waals surface area contributed by atoms with Crippen LogP contribution in [0, 0.1) is 5.82 Å². The third-order valence-electron chi connectivity index (χ3n) is 4.05. The molecule has 1 atom stereocenters. The molecule has 0 spiro atoms. The Balaban J connectivity index is 1.45. The molecule has 2 aromatic carbocycles. The molecule has 6 nitrogen and oxygen atoms in total. The number of aromatic nitrogens is 2. The van der Waals surface area contributed by atoms with Crippen LogP contribution >= 0.6 is 34.4 Å². The van der Waals surface area contributed by atoms with Gasteiger partial charge in [0.25, 0.3) is 5.91 Å². The number of thiazole rings is 2. The number of rotatable bonds is 6. The van der Waals surface area contributed by atoms with Gasteiger partial charge in [-0.1, -0.05) is 23.9 Å². The van der Waals surface area contributed by atoms with Crippen LogP contribution in [0.4, 0.5) is 15.2 Å². The van der Waals surface area contributed by atoms with E-state index in [0.717, 1.165) is 14.6 Å². The number of thioether (sulfide) groups is 1. The van der Waals surface area contributed by atoms with Crippen molar-refractivity contribution in [3.05, 3.63) is 65.4 Å². The summed E-state index contributed by atoms with van der Waals surface area (Å²) in [6.45, 7) is 1.81. The van der Waals surface area contributed by atoms with Crippen molar-refractivity contribution in [1.82, 2.24) is 9.97 Å². The molecule has 10 heteroatoms. The van der Waals surface area contributed by atoms with Gasteiger partial charge in [0, 0.05) is 17.3 Å². The molecule has 4 rings (SSSR count). The summed E-state index contributed by atoms with van der Waals surface area (Å²) in [6, 6.07) is 11.1. The van der Waals surface area contributed by atoms with Crippen LogP contribution in [0.25, 0.3) is 10.2 Å². The molecule has 2 heterocycles. The lowest BCUT2D eigenvalue weighted by molar-refractivity contribution is -0.115. The summed E-state index contributed by atoms with van der Waals surface area (Å²) in [7, 11) is 0.